The highest BCUT2D eigenvalue weighted by molar-refractivity contribution is 5.97. The Balaban J connectivity index is 2.26. The molecule has 1 aromatic carbocycles. The van der Waals surface area contributed by atoms with E-state index in [1.54, 1.807) is 6.07 Å². The molecule has 1 atom stereocenters. The molecule has 0 aromatic heterocycles. The summed E-state index contributed by atoms with van der Waals surface area (Å²) < 4.78 is 0. The van der Waals surface area contributed by atoms with Crippen LogP contribution in [0.1, 0.15) is 15.9 Å². The van der Waals surface area contributed by atoms with Crippen LogP contribution in [-0.4, -0.2) is 46.6 Å². The summed E-state index contributed by atoms with van der Waals surface area (Å²) in [6.07, 6.45) is -0.153. The molecule has 1 aliphatic heterocycles. The van der Waals surface area contributed by atoms with Gasteiger partial charge in [-0.1, -0.05) is 6.07 Å². The Morgan fingerprint density at radius 1 is 1.53 bits per heavy atom. The first-order valence-electron chi connectivity index (χ1n) is 5.97. The molecule has 7 heteroatoms. The lowest BCUT2D eigenvalue weighted by Gasteiger charge is -2.29. The van der Waals surface area contributed by atoms with Gasteiger partial charge in [-0.2, -0.15) is 0 Å². The number of benzene rings is 1. The smallest absolute Gasteiger partial charge is 0.270 e. The van der Waals surface area contributed by atoms with Crippen molar-refractivity contribution in [1.82, 2.24) is 4.90 Å². The van der Waals surface area contributed by atoms with Gasteiger partial charge in [0.1, 0.15) is 0 Å². The number of hydrogen-bond acceptors (Lipinski definition) is 5. The van der Waals surface area contributed by atoms with Crippen LogP contribution in [0.3, 0.4) is 0 Å². The summed E-state index contributed by atoms with van der Waals surface area (Å²) in [5.41, 5.74) is 6.35. The number of carbonyl (C=O) groups is 1. The van der Waals surface area contributed by atoms with Gasteiger partial charge in [0, 0.05) is 37.3 Å². The molecule has 0 saturated heterocycles. The number of nitro groups is 1. The molecule has 0 radical (unpaired) electrons. The minimum absolute atomic E-state index is 0.0750. The Morgan fingerprint density at radius 2 is 2.26 bits per heavy atom. The van der Waals surface area contributed by atoms with Crippen molar-refractivity contribution in [3.63, 3.8) is 0 Å². The highest BCUT2D eigenvalue weighted by Crippen LogP contribution is 2.23. The van der Waals surface area contributed by atoms with Crippen molar-refractivity contribution in [3.8, 4) is 0 Å². The SMILES string of the molecule is NCC(O)CN1CCc2ccc([N+](=O)[O-])cc2C1=O. The van der Waals surface area contributed by atoms with Crippen molar-refractivity contribution in [1.29, 1.82) is 0 Å². The fourth-order valence-corrected chi connectivity index (χ4v) is 2.13. The van der Waals surface area contributed by atoms with Gasteiger partial charge in [-0.3, -0.25) is 14.9 Å². The molecule has 1 heterocycles. The van der Waals surface area contributed by atoms with Crippen molar-refractivity contribution in [2.45, 2.75) is 12.5 Å². The average Bonchev–Trinajstić information content (AvgIpc) is 2.41. The number of amides is 1. The molecule has 1 unspecified atom stereocenters. The molecule has 19 heavy (non-hydrogen) atoms. The third-order valence-corrected chi connectivity index (χ3v) is 3.18. The van der Waals surface area contributed by atoms with E-state index >= 15 is 0 Å². The second-order valence-corrected chi connectivity index (χ2v) is 4.49. The minimum atomic E-state index is -0.774. The fourth-order valence-electron chi connectivity index (χ4n) is 2.13. The summed E-state index contributed by atoms with van der Waals surface area (Å²) in [4.78, 5) is 23.9. The van der Waals surface area contributed by atoms with Crippen LogP contribution in [0.5, 0.6) is 0 Å². The van der Waals surface area contributed by atoms with E-state index in [0.717, 1.165) is 5.56 Å². The molecule has 7 nitrogen and oxygen atoms in total. The van der Waals surface area contributed by atoms with Gasteiger partial charge < -0.3 is 15.7 Å². The van der Waals surface area contributed by atoms with E-state index in [-0.39, 0.29) is 24.7 Å². The number of aliphatic hydroxyl groups excluding tert-OH is 1. The Bertz CT molecular complexity index is 518. The first kappa shape index (κ1) is 13.4. The van der Waals surface area contributed by atoms with Crippen LogP contribution in [0.15, 0.2) is 18.2 Å². The lowest BCUT2D eigenvalue weighted by Crippen LogP contribution is -2.44. The van der Waals surface area contributed by atoms with Gasteiger partial charge in [-0.25, -0.2) is 0 Å². The maximum Gasteiger partial charge on any atom is 0.270 e. The number of fused-ring (bicyclic) bond motifs is 1. The Kier molecular flexibility index (Phi) is 3.77. The molecule has 1 aromatic rings. The molecule has 0 aliphatic carbocycles. The van der Waals surface area contributed by atoms with Crippen LogP contribution in [0.25, 0.3) is 0 Å². The fraction of sp³-hybridized carbons (Fsp3) is 0.417. The van der Waals surface area contributed by atoms with Crippen molar-refractivity contribution >= 4 is 11.6 Å². The van der Waals surface area contributed by atoms with Gasteiger partial charge >= 0.3 is 0 Å². The lowest BCUT2D eigenvalue weighted by molar-refractivity contribution is -0.384. The molecule has 1 amide bonds. The highest BCUT2D eigenvalue weighted by Gasteiger charge is 2.27. The number of aliphatic hydroxyl groups is 1. The van der Waals surface area contributed by atoms with Gasteiger partial charge in [-0.15, -0.1) is 0 Å². The van der Waals surface area contributed by atoms with Crippen molar-refractivity contribution < 1.29 is 14.8 Å². The highest BCUT2D eigenvalue weighted by atomic mass is 16.6. The average molecular weight is 265 g/mol. The lowest BCUT2D eigenvalue weighted by atomic mass is 9.98. The van der Waals surface area contributed by atoms with E-state index in [1.807, 2.05) is 0 Å². The number of carbonyl (C=O) groups excluding carboxylic acids is 1. The van der Waals surface area contributed by atoms with Crippen LogP contribution in [-0.2, 0) is 6.42 Å². The standard InChI is InChI=1S/C12H15N3O4/c13-6-10(16)7-14-4-3-8-1-2-9(15(18)19)5-11(8)12(14)17/h1-2,5,10,16H,3-4,6-7,13H2. The van der Waals surface area contributed by atoms with E-state index in [4.69, 9.17) is 5.73 Å². The minimum Gasteiger partial charge on any atom is -0.390 e. The molecule has 0 spiro atoms. The van der Waals surface area contributed by atoms with Crippen LogP contribution < -0.4 is 5.73 Å². The summed E-state index contributed by atoms with van der Waals surface area (Å²) in [5.74, 6) is -0.294. The summed E-state index contributed by atoms with van der Waals surface area (Å²) in [7, 11) is 0. The number of nitro benzene ring substituents is 1. The first-order chi connectivity index (χ1) is 9.02. The Hall–Kier alpha value is -1.99. The van der Waals surface area contributed by atoms with E-state index in [0.29, 0.717) is 18.5 Å². The number of rotatable bonds is 4. The van der Waals surface area contributed by atoms with Gasteiger partial charge in [0.05, 0.1) is 11.0 Å². The topological polar surface area (TPSA) is 110 Å². The predicted octanol–water partition coefficient (Wildman–Crippen LogP) is -0.0873. The van der Waals surface area contributed by atoms with Crippen molar-refractivity contribution in [3.05, 3.63) is 39.4 Å². The summed E-state index contributed by atoms with van der Waals surface area (Å²) in [6.45, 7) is 0.712. The zero-order valence-corrected chi connectivity index (χ0v) is 10.3. The molecule has 0 saturated carbocycles. The molecular formula is C12H15N3O4. The molecular weight excluding hydrogens is 250 g/mol. The Morgan fingerprint density at radius 3 is 2.89 bits per heavy atom. The number of β-amino-alcohol motifs (C(OH)–C–C–N with tert-alkyl or cyclic N) is 1. The van der Waals surface area contributed by atoms with E-state index in [2.05, 4.69) is 0 Å². The van der Waals surface area contributed by atoms with Gasteiger partial charge in [0.25, 0.3) is 11.6 Å². The van der Waals surface area contributed by atoms with Crippen LogP contribution in [0, 0.1) is 10.1 Å². The maximum absolute atomic E-state index is 12.2. The summed E-state index contributed by atoms with van der Waals surface area (Å²) in [5, 5.41) is 20.2. The number of nitrogens with two attached hydrogens (primary N) is 1. The summed E-state index contributed by atoms with van der Waals surface area (Å²) >= 11 is 0. The van der Waals surface area contributed by atoms with Crippen molar-refractivity contribution in [2.24, 2.45) is 5.73 Å². The molecule has 102 valence electrons. The number of hydrogen-bond donors (Lipinski definition) is 2. The number of non-ortho nitro benzene ring substituents is 1. The van der Waals surface area contributed by atoms with Crippen LogP contribution in [0.4, 0.5) is 5.69 Å². The zero-order chi connectivity index (χ0) is 14.0. The molecule has 0 fully saturated rings. The molecule has 2 rings (SSSR count). The van der Waals surface area contributed by atoms with Crippen molar-refractivity contribution in [2.75, 3.05) is 19.6 Å². The Labute approximate surface area is 109 Å². The molecule has 3 N–H and O–H groups in total. The van der Waals surface area contributed by atoms with Gasteiger partial charge in [0.15, 0.2) is 0 Å². The zero-order valence-electron chi connectivity index (χ0n) is 10.3. The van der Waals surface area contributed by atoms with Crippen LogP contribution in [0.2, 0.25) is 0 Å². The predicted molar refractivity (Wildman–Crippen MR) is 67.8 cm³/mol. The largest absolute Gasteiger partial charge is 0.390 e. The van der Waals surface area contributed by atoms with E-state index < -0.39 is 11.0 Å². The normalized spacial score (nSPS) is 16.1. The van der Waals surface area contributed by atoms with E-state index in [9.17, 15) is 20.0 Å². The summed E-state index contributed by atoms with van der Waals surface area (Å²) in [6, 6.07) is 4.30. The maximum atomic E-state index is 12.2. The second-order valence-electron chi connectivity index (χ2n) is 4.49. The second kappa shape index (κ2) is 5.33. The van der Waals surface area contributed by atoms with Crippen LogP contribution >= 0.6 is 0 Å². The van der Waals surface area contributed by atoms with E-state index in [1.165, 1.54) is 17.0 Å². The van der Waals surface area contributed by atoms with Gasteiger partial charge in [-0.05, 0) is 12.0 Å². The molecule has 0 bridgehead atoms. The third-order valence-electron chi connectivity index (χ3n) is 3.18. The molecule has 1 aliphatic rings. The quantitative estimate of drug-likeness (QED) is 0.584. The first-order valence-corrected chi connectivity index (χ1v) is 5.97. The monoisotopic (exact) mass is 265 g/mol. The third kappa shape index (κ3) is 2.72. The van der Waals surface area contributed by atoms with Gasteiger partial charge in [0.2, 0.25) is 0 Å². The number of nitrogens with zero attached hydrogens (tertiary/aromatic N) is 2.